The zero-order valence-electron chi connectivity index (χ0n) is 13.6. The standard InChI is InChI=1S/C16H24N2O4S/c1-3-22-16(19)9-12-23(20,21)18-11-10-17(2)13-15(18)14-7-5-4-6-8-14/h4-8,15H,3,9-13H2,1-2H3. The molecule has 7 heteroatoms. The smallest absolute Gasteiger partial charge is 0.306 e. The summed E-state index contributed by atoms with van der Waals surface area (Å²) in [7, 11) is -1.53. The molecule has 0 aliphatic carbocycles. The lowest BCUT2D eigenvalue weighted by Crippen LogP contribution is -2.50. The second-order valence-corrected chi connectivity index (χ2v) is 7.71. The molecule has 0 N–H and O–H groups in total. The molecule has 0 spiro atoms. The van der Waals surface area contributed by atoms with Crippen molar-refractivity contribution in [1.82, 2.24) is 9.21 Å². The molecule has 1 fully saturated rings. The van der Waals surface area contributed by atoms with Crippen LogP contribution in [-0.4, -0.2) is 62.6 Å². The topological polar surface area (TPSA) is 66.9 Å². The molecular weight excluding hydrogens is 316 g/mol. The molecule has 1 aromatic carbocycles. The van der Waals surface area contributed by atoms with Crippen molar-refractivity contribution in [2.24, 2.45) is 0 Å². The Morgan fingerprint density at radius 2 is 1.96 bits per heavy atom. The largest absolute Gasteiger partial charge is 0.466 e. The molecule has 1 heterocycles. The highest BCUT2D eigenvalue weighted by atomic mass is 32.2. The zero-order valence-corrected chi connectivity index (χ0v) is 14.5. The number of carbonyl (C=O) groups is 1. The normalized spacial score (nSPS) is 20.3. The summed E-state index contributed by atoms with van der Waals surface area (Å²) in [5.74, 6) is -0.680. The van der Waals surface area contributed by atoms with Crippen molar-refractivity contribution < 1.29 is 17.9 Å². The van der Waals surface area contributed by atoms with E-state index >= 15 is 0 Å². The third-order valence-electron chi connectivity index (χ3n) is 3.95. The van der Waals surface area contributed by atoms with E-state index in [9.17, 15) is 13.2 Å². The van der Waals surface area contributed by atoms with E-state index in [1.54, 1.807) is 6.92 Å². The van der Waals surface area contributed by atoms with Crippen molar-refractivity contribution in [3.63, 3.8) is 0 Å². The average Bonchev–Trinajstić information content (AvgIpc) is 2.54. The van der Waals surface area contributed by atoms with Crippen molar-refractivity contribution >= 4 is 16.0 Å². The Kier molecular flexibility index (Phi) is 6.15. The maximum Gasteiger partial charge on any atom is 0.306 e. The first-order valence-electron chi connectivity index (χ1n) is 7.82. The minimum Gasteiger partial charge on any atom is -0.466 e. The van der Waals surface area contributed by atoms with Crippen LogP contribution in [0.15, 0.2) is 30.3 Å². The summed E-state index contributed by atoms with van der Waals surface area (Å²) in [6.07, 6.45) is -0.107. The van der Waals surface area contributed by atoms with Crippen molar-refractivity contribution in [3.05, 3.63) is 35.9 Å². The summed E-state index contributed by atoms with van der Waals surface area (Å²) in [6.45, 7) is 3.73. The van der Waals surface area contributed by atoms with Crippen molar-refractivity contribution in [3.8, 4) is 0 Å². The fourth-order valence-electron chi connectivity index (χ4n) is 2.75. The van der Waals surface area contributed by atoms with E-state index in [1.165, 1.54) is 4.31 Å². The van der Waals surface area contributed by atoms with E-state index in [1.807, 2.05) is 37.4 Å². The molecule has 1 atom stereocenters. The van der Waals surface area contributed by atoms with Gasteiger partial charge >= 0.3 is 5.97 Å². The SMILES string of the molecule is CCOC(=O)CCS(=O)(=O)N1CCN(C)CC1c1ccccc1. The highest BCUT2D eigenvalue weighted by molar-refractivity contribution is 7.89. The molecule has 1 saturated heterocycles. The number of sulfonamides is 1. The van der Waals surface area contributed by atoms with Crippen LogP contribution >= 0.6 is 0 Å². The Morgan fingerprint density at radius 1 is 1.26 bits per heavy atom. The van der Waals surface area contributed by atoms with Gasteiger partial charge in [-0.05, 0) is 19.5 Å². The number of likely N-dealkylation sites (N-methyl/N-ethyl adjacent to an activating group) is 1. The summed E-state index contributed by atoms with van der Waals surface area (Å²) in [5, 5.41) is 0. The van der Waals surface area contributed by atoms with E-state index in [2.05, 4.69) is 4.90 Å². The van der Waals surface area contributed by atoms with Crippen LogP contribution in [0.2, 0.25) is 0 Å². The number of ether oxygens (including phenoxy) is 1. The van der Waals surface area contributed by atoms with Gasteiger partial charge in [0.1, 0.15) is 0 Å². The number of carbonyl (C=O) groups excluding carboxylic acids is 1. The Hall–Kier alpha value is -1.44. The highest BCUT2D eigenvalue weighted by Crippen LogP contribution is 2.28. The van der Waals surface area contributed by atoms with E-state index in [0.717, 1.165) is 5.56 Å². The Morgan fingerprint density at radius 3 is 2.61 bits per heavy atom. The quantitative estimate of drug-likeness (QED) is 0.729. The zero-order chi connectivity index (χ0) is 16.9. The third kappa shape index (κ3) is 4.76. The third-order valence-corrected chi connectivity index (χ3v) is 5.82. The first-order chi connectivity index (χ1) is 10.9. The summed E-state index contributed by atoms with van der Waals surface area (Å²) < 4.78 is 31.7. The van der Waals surface area contributed by atoms with E-state index < -0.39 is 16.0 Å². The number of esters is 1. The van der Waals surface area contributed by atoms with Crippen LogP contribution < -0.4 is 0 Å². The van der Waals surface area contributed by atoms with Crippen LogP contribution in [0.5, 0.6) is 0 Å². The van der Waals surface area contributed by atoms with Gasteiger partial charge in [-0.15, -0.1) is 0 Å². The second kappa shape index (κ2) is 7.90. The summed E-state index contributed by atoms with van der Waals surface area (Å²) >= 11 is 0. The molecule has 0 radical (unpaired) electrons. The lowest BCUT2D eigenvalue weighted by Gasteiger charge is -2.39. The fraction of sp³-hybridized carbons (Fsp3) is 0.562. The lowest BCUT2D eigenvalue weighted by atomic mass is 10.1. The highest BCUT2D eigenvalue weighted by Gasteiger charge is 2.35. The van der Waals surface area contributed by atoms with Crippen LogP contribution in [0.1, 0.15) is 24.9 Å². The molecule has 2 rings (SSSR count). The van der Waals surface area contributed by atoms with Crippen LogP contribution in [0.4, 0.5) is 0 Å². The first-order valence-corrected chi connectivity index (χ1v) is 9.43. The number of piperazine rings is 1. The molecule has 1 aromatic rings. The van der Waals surface area contributed by atoms with Gasteiger partial charge in [-0.1, -0.05) is 30.3 Å². The molecule has 1 unspecified atom stereocenters. The molecule has 23 heavy (non-hydrogen) atoms. The van der Waals surface area contributed by atoms with E-state index in [4.69, 9.17) is 4.74 Å². The predicted molar refractivity (Wildman–Crippen MR) is 88.4 cm³/mol. The molecule has 128 valence electrons. The molecule has 6 nitrogen and oxygen atoms in total. The lowest BCUT2D eigenvalue weighted by molar-refractivity contribution is -0.142. The van der Waals surface area contributed by atoms with Gasteiger partial charge in [0, 0.05) is 19.6 Å². The molecular formula is C16H24N2O4S. The maximum atomic E-state index is 12.7. The van der Waals surface area contributed by atoms with Crippen LogP contribution in [0.3, 0.4) is 0 Å². The number of hydrogen-bond donors (Lipinski definition) is 0. The number of nitrogens with zero attached hydrogens (tertiary/aromatic N) is 2. The first kappa shape index (κ1) is 17.9. The van der Waals surface area contributed by atoms with Crippen molar-refractivity contribution in [1.29, 1.82) is 0 Å². The molecule has 0 aromatic heterocycles. The molecule has 0 saturated carbocycles. The molecule has 0 amide bonds. The van der Waals surface area contributed by atoms with Gasteiger partial charge in [-0.25, -0.2) is 8.42 Å². The van der Waals surface area contributed by atoms with Gasteiger partial charge in [0.15, 0.2) is 0 Å². The van der Waals surface area contributed by atoms with Crippen molar-refractivity contribution in [2.45, 2.75) is 19.4 Å². The number of benzene rings is 1. The van der Waals surface area contributed by atoms with E-state index in [0.29, 0.717) is 19.6 Å². The van der Waals surface area contributed by atoms with Gasteiger partial charge in [0.2, 0.25) is 10.0 Å². The summed E-state index contributed by atoms with van der Waals surface area (Å²) in [5.41, 5.74) is 0.971. The molecule has 0 bridgehead atoms. The molecule has 1 aliphatic rings. The Bertz CT molecular complexity index is 618. The predicted octanol–water partition coefficient (Wildman–Crippen LogP) is 1.26. The van der Waals surface area contributed by atoms with Crippen molar-refractivity contribution in [2.75, 3.05) is 39.0 Å². The number of hydrogen-bond acceptors (Lipinski definition) is 5. The monoisotopic (exact) mass is 340 g/mol. The second-order valence-electron chi connectivity index (χ2n) is 5.67. The summed E-state index contributed by atoms with van der Waals surface area (Å²) in [4.78, 5) is 13.6. The average molecular weight is 340 g/mol. The number of rotatable bonds is 6. The van der Waals surface area contributed by atoms with Gasteiger partial charge in [0.25, 0.3) is 0 Å². The molecule has 1 aliphatic heterocycles. The van der Waals surface area contributed by atoms with Gasteiger partial charge in [-0.2, -0.15) is 4.31 Å². The summed E-state index contributed by atoms with van der Waals surface area (Å²) in [6, 6.07) is 9.40. The maximum absolute atomic E-state index is 12.7. The fourth-order valence-corrected chi connectivity index (χ4v) is 4.34. The minimum atomic E-state index is -3.51. The van der Waals surface area contributed by atoms with Gasteiger partial charge in [-0.3, -0.25) is 4.79 Å². The van der Waals surface area contributed by atoms with Crippen LogP contribution in [0, 0.1) is 0 Å². The Labute approximate surface area is 138 Å². The van der Waals surface area contributed by atoms with Gasteiger partial charge in [0.05, 0.1) is 24.8 Å². The van der Waals surface area contributed by atoms with E-state index in [-0.39, 0.29) is 24.8 Å². The van der Waals surface area contributed by atoms with Gasteiger partial charge < -0.3 is 9.64 Å². The van der Waals surface area contributed by atoms with Crippen LogP contribution in [0.25, 0.3) is 0 Å². The van der Waals surface area contributed by atoms with Crippen LogP contribution in [-0.2, 0) is 19.6 Å². The Balaban J connectivity index is 2.15. The minimum absolute atomic E-state index is 0.107.